The Bertz CT molecular complexity index is 1360. The minimum Gasteiger partial charge on any atom is -0.497 e. The fraction of sp³-hybridized carbons (Fsp3) is 0.120. The molecule has 3 aromatic carbocycles. The van der Waals surface area contributed by atoms with Crippen LogP contribution in [0.15, 0.2) is 76.5 Å². The maximum absolute atomic E-state index is 13.4. The zero-order valence-corrected chi connectivity index (χ0v) is 17.9. The van der Waals surface area contributed by atoms with E-state index in [0.29, 0.717) is 39.2 Å². The van der Waals surface area contributed by atoms with E-state index in [4.69, 9.17) is 14.2 Å². The quantitative estimate of drug-likeness (QED) is 0.456. The second-order valence-electron chi connectivity index (χ2n) is 6.92. The molecule has 0 aliphatic heterocycles. The molecule has 4 rings (SSSR count). The molecule has 0 bridgehead atoms. The molecule has 0 atom stereocenters. The lowest BCUT2D eigenvalue weighted by molar-refractivity contribution is 0.395. The predicted molar refractivity (Wildman–Crippen MR) is 125 cm³/mol. The standard InChI is InChI=1S/C25H22N2O5/c1-30-17-10-8-16(9-11-17)26-15-21-19-6-4-5-7-20(19)24(28)27(25(21)29)22-14-18(31-2)12-13-23(22)32-3/h4-15,29H,1-3H3. The number of hydrogen-bond acceptors (Lipinski definition) is 6. The Morgan fingerprint density at radius 1 is 0.844 bits per heavy atom. The number of aromatic hydroxyl groups is 1. The van der Waals surface area contributed by atoms with Gasteiger partial charge in [-0.1, -0.05) is 18.2 Å². The van der Waals surface area contributed by atoms with Crippen LogP contribution in [0.3, 0.4) is 0 Å². The largest absolute Gasteiger partial charge is 0.497 e. The minimum atomic E-state index is -0.383. The summed E-state index contributed by atoms with van der Waals surface area (Å²) in [6.07, 6.45) is 1.54. The van der Waals surface area contributed by atoms with Crippen molar-refractivity contribution >= 4 is 22.7 Å². The van der Waals surface area contributed by atoms with E-state index in [9.17, 15) is 9.90 Å². The van der Waals surface area contributed by atoms with Crippen LogP contribution in [0.5, 0.6) is 23.1 Å². The van der Waals surface area contributed by atoms with Gasteiger partial charge in [0, 0.05) is 23.1 Å². The summed E-state index contributed by atoms with van der Waals surface area (Å²) < 4.78 is 17.1. The lowest BCUT2D eigenvalue weighted by Gasteiger charge is -2.17. The van der Waals surface area contributed by atoms with E-state index in [-0.39, 0.29) is 11.4 Å². The first-order chi connectivity index (χ1) is 15.6. The summed E-state index contributed by atoms with van der Waals surface area (Å²) in [5.41, 5.74) is 1.05. The molecule has 0 aliphatic carbocycles. The monoisotopic (exact) mass is 430 g/mol. The highest BCUT2D eigenvalue weighted by Crippen LogP contribution is 2.32. The number of ether oxygens (including phenoxy) is 3. The van der Waals surface area contributed by atoms with Crippen LogP contribution in [0.1, 0.15) is 5.56 Å². The van der Waals surface area contributed by atoms with Gasteiger partial charge in [-0.05, 0) is 42.5 Å². The van der Waals surface area contributed by atoms with Crippen molar-refractivity contribution in [2.24, 2.45) is 4.99 Å². The van der Waals surface area contributed by atoms with E-state index in [0.717, 1.165) is 5.75 Å². The first kappa shape index (κ1) is 21.0. The van der Waals surface area contributed by atoms with Gasteiger partial charge in [0.1, 0.15) is 17.2 Å². The first-order valence-electron chi connectivity index (χ1n) is 9.84. The van der Waals surface area contributed by atoms with Gasteiger partial charge < -0.3 is 19.3 Å². The van der Waals surface area contributed by atoms with Crippen LogP contribution in [0, 0.1) is 0 Å². The van der Waals surface area contributed by atoms with E-state index in [1.807, 2.05) is 6.07 Å². The second-order valence-corrected chi connectivity index (χ2v) is 6.92. The Hall–Kier alpha value is -4.26. The van der Waals surface area contributed by atoms with Gasteiger partial charge in [-0.2, -0.15) is 0 Å². The summed E-state index contributed by atoms with van der Waals surface area (Å²) in [7, 11) is 4.63. The summed E-state index contributed by atoms with van der Waals surface area (Å²) >= 11 is 0. The van der Waals surface area contributed by atoms with Crippen LogP contribution in [0.25, 0.3) is 16.5 Å². The van der Waals surface area contributed by atoms with E-state index < -0.39 is 0 Å². The van der Waals surface area contributed by atoms with Crippen molar-refractivity contribution in [1.82, 2.24) is 4.57 Å². The van der Waals surface area contributed by atoms with Crippen molar-refractivity contribution < 1.29 is 19.3 Å². The zero-order valence-electron chi connectivity index (χ0n) is 17.9. The van der Waals surface area contributed by atoms with E-state index >= 15 is 0 Å². The number of benzene rings is 3. The van der Waals surface area contributed by atoms with E-state index in [1.54, 1.807) is 74.0 Å². The number of fused-ring (bicyclic) bond motifs is 1. The number of rotatable bonds is 6. The van der Waals surface area contributed by atoms with Crippen molar-refractivity contribution in [3.63, 3.8) is 0 Å². The normalized spacial score (nSPS) is 11.1. The molecule has 0 saturated carbocycles. The van der Waals surface area contributed by atoms with Crippen molar-refractivity contribution in [1.29, 1.82) is 0 Å². The van der Waals surface area contributed by atoms with Gasteiger partial charge in [0.2, 0.25) is 5.88 Å². The maximum Gasteiger partial charge on any atom is 0.265 e. The first-order valence-corrected chi connectivity index (χ1v) is 9.84. The molecule has 7 nitrogen and oxygen atoms in total. The summed E-state index contributed by atoms with van der Waals surface area (Å²) in [5.74, 6) is 1.40. The average Bonchev–Trinajstić information content (AvgIpc) is 2.84. The van der Waals surface area contributed by atoms with Crippen molar-refractivity contribution in [3.05, 3.63) is 82.6 Å². The Kier molecular flexibility index (Phi) is 5.81. The van der Waals surface area contributed by atoms with Gasteiger partial charge in [-0.25, -0.2) is 4.57 Å². The molecule has 1 N–H and O–H groups in total. The molecule has 0 saturated heterocycles. The third kappa shape index (κ3) is 3.76. The smallest absolute Gasteiger partial charge is 0.265 e. The number of nitrogens with zero attached hydrogens (tertiary/aromatic N) is 2. The Balaban J connectivity index is 1.96. The summed E-state index contributed by atoms with van der Waals surface area (Å²) in [6.45, 7) is 0. The van der Waals surface area contributed by atoms with E-state index in [2.05, 4.69) is 4.99 Å². The Morgan fingerprint density at radius 2 is 1.50 bits per heavy atom. The molecule has 0 spiro atoms. The van der Waals surface area contributed by atoms with Crippen molar-refractivity contribution in [2.45, 2.75) is 0 Å². The van der Waals surface area contributed by atoms with Gasteiger partial charge in [0.05, 0.1) is 38.3 Å². The fourth-order valence-electron chi connectivity index (χ4n) is 3.49. The van der Waals surface area contributed by atoms with Crippen molar-refractivity contribution in [2.75, 3.05) is 21.3 Å². The zero-order chi connectivity index (χ0) is 22.7. The van der Waals surface area contributed by atoms with Crippen LogP contribution < -0.4 is 19.8 Å². The third-order valence-corrected chi connectivity index (χ3v) is 5.15. The predicted octanol–water partition coefficient (Wildman–Crippen LogP) is 4.47. The SMILES string of the molecule is COc1ccc(N=Cc2c(O)n(-c3cc(OC)ccc3OC)c(=O)c3ccccc23)cc1. The second kappa shape index (κ2) is 8.85. The molecule has 0 aliphatic rings. The summed E-state index contributed by atoms with van der Waals surface area (Å²) in [6, 6.07) is 19.3. The van der Waals surface area contributed by atoms with Gasteiger partial charge in [-0.3, -0.25) is 9.79 Å². The molecule has 162 valence electrons. The lowest BCUT2D eigenvalue weighted by atomic mass is 10.1. The molecule has 0 fully saturated rings. The summed E-state index contributed by atoms with van der Waals surface area (Å²) in [5, 5.41) is 12.2. The molecular formula is C25H22N2O5. The number of hydrogen-bond donors (Lipinski definition) is 1. The topological polar surface area (TPSA) is 82.3 Å². The van der Waals surface area contributed by atoms with Gasteiger partial charge in [0.25, 0.3) is 5.56 Å². The van der Waals surface area contributed by atoms with E-state index in [1.165, 1.54) is 18.8 Å². The number of aromatic nitrogens is 1. The van der Waals surface area contributed by atoms with Gasteiger partial charge in [0.15, 0.2) is 0 Å². The van der Waals surface area contributed by atoms with Crippen LogP contribution in [-0.2, 0) is 0 Å². The Labute approximate surface area is 184 Å². The van der Waals surface area contributed by atoms with Gasteiger partial charge in [-0.15, -0.1) is 0 Å². The molecule has 0 amide bonds. The number of pyridine rings is 1. The maximum atomic E-state index is 13.4. The highest BCUT2D eigenvalue weighted by Gasteiger charge is 2.19. The minimum absolute atomic E-state index is 0.252. The van der Waals surface area contributed by atoms with Crippen LogP contribution in [0.2, 0.25) is 0 Å². The van der Waals surface area contributed by atoms with Crippen LogP contribution >= 0.6 is 0 Å². The summed E-state index contributed by atoms with van der Waals surface area (Å²) in [4.78, 5) is 17.9. The highest BCUT2D eigenvalue weighted by atomic mass is 16.5. The average molecular weight is 430 g/mol. The third-order valence-electron chi connectivity index (χ3n) is 5.15. The Morgan fingerprint density at radius 3 is 2.16 bits per heavy atom. The lowest BCUT2D eigenvalue weighted by Crippen LogP contribution is -2.20. The van der Waals surface area contributed by atoms with Gasteiger partial charge >= 0.3 is 0 Å². The molecule has 7 heteroatoms. The van der Waals surface area contributed by atoms with Crippen molar-refractivity contribution in [3.8, 4) is 28.8 Å². The van der Waals surface area contributed by atoms with Crippen LogP contribution in [0.4, 0.5) is 5.69 Å². The van der Waals surface area contributed by atoms with Crippen LogP contribution in [-0.4, -0.2) is 37.2 Å². The molecule has 4 aromatic rings. The number of methoxy groups -OCH3 is 3. The molecule has 32 heavy (non-hydrogen) atoms. The molecule has 0 unspecified atom stereocenters. The highest BCUT2D eigenvalue weighted by molar-refractivity contribution is 6.02. The molecular weight excluding hydrogens is 408 g/mol. The fourth-order valence-corrected chi connectivity index (χ4v) is 3.49. The molecule has 1 aromatic heterocycles. The molecule has 0 radical (unpaired) electrons. The molecule has 1 heterocycles. The number of aliphatic imine (C=N–C) groups is 1.